The number of nitrogens with one attached hydrogen (secondary N) is 1. The van der Waals surface area contributed by atoms with Gasteiger partial charge in [0.2, 0.25) is 0 Å². The normalized spacial score (nSPS) is 16.4. The lowest BCUT2D eigenvalue weighted by atomic mass is 9.94. The summed E-state index contributed by atoms with van der Waals surface area (Å²) in [7, 11) is 0. The fourth-order valence-corrected chi connectivity index (χ4v) is 1.66. The Morgan fingerprint density at radius 2 is 1.75 bits per heavy atom. The molecule has 0 aliphatic rings. The van der Waals surface area contributed by atoms with Crippen LogP contribution >= 0.6 is 0 Å². The molecule has 0 saturated carbocycles. The third-order valence-corrected chi connectivity index (χ3v) is 2.96. The first-order chi connectivity index (χ1) is 7.52. The molecule has 1 rings (SSSR count). The Morgan fingerprint density at radius 3 is 2.25 bits per heavy atom. The van der Waals surface area contributed by atoms with Crippen LogP contribution in [0, 0.1) is 0 Å². The van der Waals surface area contributed by atoms with Crippen molar-refractivity contribution in [3.8, 4) is 0 Å². The number of carboxylic acids is 1. The highest BCUT2D eigenvalue weighted by molar-refractivity contribution is 5.72. The zero-order valence-electron chi connectivity index (χ0n) is 9.97. The molecule has 3 atom stereocenters. The summed E-state index contributed by atoms with van der Waals surface area (Å²) in [5.41, 5.74) is 1.22. The molecule has 3 heteroatoms. The smallest absolute Gasteiger partial charge is 0.320 e. The zero-order valence-corrected chi connectivity index (χ0v) is 9.97. The predicted octanol–water partition coefficient (Wildman–Crippen LogP) is 2.24. The van der Waals surface area contributed by atoms with Crippen LogP contribution in [0.4, 0.5) is 0 Å². The number of aliphatic carboxylic acids is 1. The Morgan fingerprint density at radius 1 is 1.19 bits per heavy atom. The Hall–Kier alpha value is -1.35. The van der Waals surface area contributed by atoms with Gasteiger partial charge in [0.1, 0.15) is 6.04 Å². The monoisotopic (exact) mass is 221 g/mol. The molecule has 0 aliphatic heterocycles. The van der Waals surface area contributed by atoms with Crippen LogP contribution in [0.15, 0.2) is 30.3 Å². The summed E-state index contributed by atoms with van der Waals surface area (Å²) in [5, 5.41) is 11.9. The van der Waals surface area contributed by atoms with Gasteiger partial charge in [-0.3, -0.25) is 4.79 Å². The minimum Gasteiger partial charge on any atom is -0.480 e. The average molecular weight is 221 g/mol. The lowest BCUT2D eigenvalue weighted by Crippen LogP contribution is -2.42. The molecule has 16 heavy (non-hydrogen) atoms. The van der Waals surface area contributed by atoms with E-state index in [-0.39, 0.29) is 6.04 Å². The molecule has 0 fully saturated rings. The topological polar surface area (TPSA) is 49.3 Å². The zero-order chi connectivity index (χ0) is 12.1. The van der Waals surface area contributed by atoms with Gasteiger partial charge in [-0.1, -0.05) is 37.3 Å². The number of benzene rings is 1. The van der Waals surface area contributed by atoms with E-state index >= 15 is 0 Å². The highest BCUT2D eigenvalue weighted by Gasteiger charge is 2.19. The molecule has 3 nitrogen and oxygen atoms in total. The van der Waals surface area contributed by atoms with Crippen LogP contribution in [-0.4, -0.2) is 23.2 Å². The minimum absolute atomic E-state index is 0.133. The Balaban J connectivity index is 2.61. The van der Waals surface area contributed by atoms with Crippen LogP contribution in [0.5, 0.6) is 0 Å². The van der Waals surface area contributed by atoms with E-state index in [2.05, 4.69) is 24.4 Å². The van der Waals surface area contributed by atoms with Gasteiger partial charge in [-0.15, -0.1) is 0 Å². The summed E-state index contributed by atoms with van der Waals surface area (Å²) >= 11 is 0. The van der Waals surface area contributed by atoms with Crippen LogP contribution < -0.4 is 5.32 Å². The van der Waals surface area contributed by atoms with E-state index in [9.17, 15) is 4.79 Å². The van der Waals surface area contributed by atoms with Crippen molar-refractivity contribution in [2.24, 2.45) is 0 Å². The molecular formula is C13H19NO2. The first kappa shape index (κ1) is 12.7. The lowest BCUT2D eigenvalue weighted by Gasteiger charge is -2.23. The Kier molecular flexibility index (Phi) is 4.50. The van der Waals surface area contributed by atoms with Crippen LogP contribution in [0.2, 0.25) is 0 Å². The highest BCUT2D eigenvalue weighted by atomic mass is 16.4. The van der Waals surface area contributed by atoms with Crippen LogP contribution in [0.1, 0.15) is 32.3 Å². The summed E-state index contributed by atoms with van der Waals surface area (Å²) in [5.74, 6) is -0.518. The van der Waals surface area contributed by atoms with E-state index in [4.69, 9.17) is 5.11 Å². The van der Waals surface area contributed by atoms with Gasteiger partial charge >= 0.3 is 5.97 Å². The molecule has 0 amide bonds. The molecule has 1 aromatic carbocycles. The molecular weight excluding hydrogens is 202 g/mol. The van der Waals surface area contributed by atoms with Crippen LogP contribution in [0.3, 0.4) is 0 Å². The quantitative estimate of drug-likeness (QED) is 0.801. The molecule has 0 bridgehead atoms. The summed E-state index contributed by atoms with van der Waals surface area (Å²) in [6, 6.07) is 9.73. The first-order valence-corrected chi connectivity index (χ1v) is 5.56. The molecule has 2 N–H and O–H groups in total. The standard InChI is InChI=1S/C13H19NO2/c1-9(12-7-5-4-6-8-12)10(2)14-11(3)13(15)16/h4-11,14H,1-3H3,(H,15,16)/t9?,10?,11-/m0/s1. The van der Waals surface area contributed by atoms with E-state index in [1.54, 1.807) is 6.92 Å². The van der Waals surface area contributed by atoms with Gasteiger partial charge in [0.25, 0.3) is 0 Å². The molecule has 2 unspecified atom stereocenters. The first-order valence-electron chi connectivity index (χ1n) is 5.56. The van der Waals surface area contributed by atoms with Crippen molar-refractivity contribution in [1.82, 2.24) is 5.32 Å². The summed E-state index contributed by atoms with van der Waals surface area (Å²) < 4.78 is 0. The van der Waals surface area contributed by atoms with Crippen molar-refractivity contribution >= 4 is 5.97 Å². The number of hydrogen-bond donors (Lipinski definition) is 2. The summed E-state index contributed by atoms with van der Waals surface area (Å²) in [4.78, 5) is 10.7. The third kappa shape index (κ3) is 3.35. The van der Waals surface area contributed by atoms with Gasteiger partial charge in [0, 0.05) is 6.04 Å². The largest absolute Gasteiger partial charge is 0.480 e. The van der Waals surface area contributed by atoms with Crippen molar-refractivity contribution in [2.75, 3.05) is 0 Å². The van der Waals surface area contributed by atoms with E-state index in [1.807, 2.05) is 25.1 Å². The fourth-order valence-electron chi connectivity index (χ4n) is 1.66. The minimum atomic E-state index is -0.813. The molecule has 0 spiro atoms. The van der Waals surface area contributed by atoms with Gasteiger partial charge in [-0.05, 0) is 25.3 Å². The number of carbonyl (C=O) groups is 1. The van der Waals surface area contributed by atoms with Gasteiger partial charge in [0.15, 0.2) is 0 Å². The third-order valence-electron chi connectivity index (χ3n) is 2.96. The van der Waals surface area contributed by atoms with E-state index < -0.39 is 12.0 Å². The van der Waals surface area contributed by atoms with Crippen molar-refractivity contribution in [2.45, 2.75) is 38.8 Å². The molecule has 0 heterocycles. The predicted molar refractivity (Wildman–Crippen MR) is 64.6 cm³/mol. The van der Waals surface area contributed by atoms with E-state index in [0.29, 0.717) is 5.92 Å². The van der Waals surface area contributed by atoms with Crippen LogP contribution in [0.25, 0.3) is 0 Å². The molecule has 1 aromatic rings. The molecule has 0 saturated heterocycles. The number of rotatable bonds is 5. The maximum Gasteiger partial charge on any atom is 0.320 e. The molecule has 0 aliphatic carbocycles. The highest BCUT2D eigenvalue weighted by Crippen LogP contribution is 2.18. The van der Waals surface area contributed by atoms with Crippen molar-refractivity contribution in [3.05, 3.63) is 35.9 Å². The number of hydrogen-bond acceptors (Lipinski definition) is 2. The second-order valence-corrected chi connectivity index (χ2v) is 4.21. The van der Waals surface area contributed by atoms with Crippen molar-refractivity contribution < 1.29 is 9.90 Å². The fraction of sp³-hybridized carbons (Fsp3) is 0.462. The van der Waals surface area contributed by atoms with Gasteiger partial charge in [-0.2, -0.15) is 0 Å². The average Bonchev–Trinajstić information content (AvgIpc) is 2.28. The Labute approximate surface area is 96.5 Å². The van der Waals surface area contributed by atoms with Gasteiger partial charge in [0.05, 0.1) is 0 Å². The summed E-state index contributed by atoms with van der Waals surface area (Å²) in [6.45, 7) is 5.77. The van der Waals surface area contributed by atoms with Crippen molar-refractivity contribution in [1.29, 1.82) is 0 Å². The Bertz CT molecular complexity index is 337. The maximum atomic E-state index is 10.7. The van der Waals surface area contributed by atoms with Gasteiger partial charge in [-0.25, -0.2) is 0 Å². The molecule has 0 radical (unpaired) electrons. The molecule has 0 aromatic heterocycles. The van der Waals surface area contributed by atoms with E-state index in [0.717, 1.165) is 0 Å². The molecule has 88 valence electrons. The maximum absolute atomic E-state index is 10.7. The number of carboxylic acid groups (broad SMARTS) is 1. The van der Waals surface area contributed by atoms with Crippen molar-refractivity contribution in [3.63, 3.8) is 0 Å². The summed E-state index contributed by atoms with van der Waals surface area (Å²) in [6.07, 6.45) is 0. The SMILES string of the molecule is CC(N[C@@H](C)C(=O)O)C(C)c1ccccc1. The lowest BCUT2D eigenvalue weighted by molar-refractivity contribution is -0.139. The van der Waals surface area contributed by atoms with Gasteiger partial charge < -0.3 is 10.4 Å². The second-order valence-electron chi connectivity index (χ2n) is 4.21. The second kappa shape index (κ2) is 5.66. The van der Waals surface area contributed by atoms with Crippen LogP contribution in [-0.2, 0) is 4.79 Å². The van der Waals surface area contributed by atoms with E-state index in [1.165, 1.54) is 5.56 Å².